The molecule has 1 aliphatic heterocycles. The van der Waals surface area contributed by atoms with E-state index in [0.717, 1.165) is 18.5 Å². The van der Waals surface area contributed by atoms with E-state index in [1.165, 1.54) is 37.2 Å². The fourth-order valence-electron chi connectivity index (χ4n) is 3.49. The molecule has 0 spiro atoms. The summed E-state index contributed by atoms with van der Waals surface area (Å²) in [6, 6.07) is 5.57. The lowest BCUT2D eigenvalue weighted by molar-refractivity contribution is 0.549. The minimum absolute atomic E-state index is 0.413. The summed E-state index contributed by atoms with van der Waals surface area (Å²) in [5.41, 5.74) is 1.35. The van der Waals surface area contributed by atoms with Crippen molar-refractivity contribution in [3.63, 3.8) is 0 Å². The molecule has 1 saturated heterocycles. The lowest BCUT2D eigenvalue weighted by Crippen LogP contribution is -2.32. The maximum absolute atomic E-state index is 4.58. The summed E-state index contributed by atoms with van der Waals surface area (Å²) in [5.74, 6) is 2.11. The Hall–Kier alpha value is -1.09. The molecule has 18 heavy (non-hydrogen) atoms. The largest absolute Gasteiger partial charge is 0.353 e. The molecule has 2 aliphatic rings. The third kappa shape index (κ3) is 2.12. The van der Waals surface area contributed by atoms with Gasteiger partial charge in [-0.2, -0.15) is 0 Å². The third-order valence-electron chi connectivity index (χ3n) is 4.48. The van der Waals surface area contributed by atoms with E-state index >= 15 is 0 Å². The van der Waals surface area contributed by atoms with Crippen LogP contribution >= 0.6 is 0 Å². The first-order chi connectivity index (χ1) is 8.78. The molecule has 3 atom stereocenters. The third-order valence-corrected chi connectivity index (χ3v) is 4.48. The Bertz CT molecular complexity index is 418. The molecule has 1 N–H and O–H groups in total. The predicted molar refractivity (Wildman–Crippen MR) is 74.8 cm³/mol. The highest BCUT2D eigenvalue weighted by Gasteiger charge is 2.38. The summed E-state index contributed by atoms with van der Waals surface area (Å²) in [7, 11) is 0. The Labute approximate surface area is 110 Å². The molecule has 0 aromatic carbocycles. The molecule has 3 unspecified atom stereocenters. The lowest BCUT2D eigenvalue weighted by atomic mass is 10.1. The molecule has 0 amide bonds. The molecular formula is C15H23N3. The molecule has 0 radical (unpaired) electrons. The van der Waals surface area contributed by atoms with Gasteiger partial charge >= 0.3 is 0 Å². The molecule has 3 rings (SSSR count). The number of fused-ring (bicyclic) bond motifs is 2. The van der Waals surface area contributed by atoms with Crippen LogP contribution < -0.4 is 10.2 Å². The van der Waals surface area contributed by atoms with Crippen LogP contribution in [0.15, 0.2) is 18.3 Å². The van der Waals surface area contributed by atoms with Gasteiger partial charge in [-0.3, -0.25) is 0 Å². The van der Waals surface area contributed by atoms with Crippen LogP contribution in [0, 0.1) is 5.92 Å². The number of anilines is 1. The molecule has 98 valence electrons. The van der Waals surface area contributed by atoms with Crippen molar-refractivity contribution in [3.8, 4) is 0 Å². The summed E-state index contributed by atoms with van der Waals surface area (Å²) in [6.45, 7) is 6.60. The fourth-order valence-corrected chi connectivity index (χ4v) is 3.49. The SMILES string of the molecule is CCNC(C)c1ccnc(N2CC3CCC2C3)c1. The van der Waals surface area contributed by atoms with Crippen molar-refractivity contribution < 1.29 is 0 Å². The first-order valence-electron chi connectivity index (χ1n) is 7.24. The number of nitrogens with one attached hydrogen (secondary N) is 1. The van der Waals surface area contributed by atoms with E-state index in [-0.39, 0.29) is 0 Å². The van der Waals surface area contributed by atoms with Crippen LogP contribution in [0.3, 0.4) is 0 Å². The number of nitrogens with zero attached hydrogens (tertiary/aromatic N) is 2. The van der Waals surface area contributed by atoms with E-state index in [0.29, 0.717) is 6.04 Å². The second-order valence-corrected chi connectivity index (χ2v) is 5.71. The Morgan fingerprint density at radius 2 is 2.39 bits per heavy atom. The minimum atomic E-state index is 0.413. The Balaban J connectivity index is 1.78. The first-order valence-corrected chi connectivity index (χ1v) is 7.24. The van der Waals surface area contributed by atoms with Crippen LogP contribution in [-0.2, 0) is 0 Å². The van der Waals surface area contributed by atoms with Crippen molar-refractivity contribution in [1.29, 1.82) is 0 Å². The Kier molecular flexibility index (Phi) is 3.25. The number of rotatable bonds is 4. The highest BCUT2D eigenvalue weighted by atomic mass is 15.2. The molecule has 3 heteroatoms. The van der Waals surface area contributed by atoms with Gasteiger partial charge in [-0.15, -0.1) is 0 Å². The minimum Gasteiger partial charge on any atom is -0.353 e. The van der Waals surface area contributed by atoms with Crippen LogP contribution in [-0.4, -0.2) is 24.1 Å². The van der Waals surface area contributed by atoms with E-state index < -0.39 is 0 Å². The van der Waals surface area contributed by atoms with Crippen LogP contribution in [0.4, 0.5) is 5.82 Å². The van der Waals surface area contributed by atoms with Gasteiger partial charge in [-0.25, -0.2) is 4.98 Å². The van der Waals surface area contributed by atoms with Crippen molar-refractivity contribution in [1.82, 2.24) is 10.3 Å². The summed E-state index contributed by atoms with van der Waals surface area (Å²) in [5, 5.41) is 3.47. The van der Waals surface area contributed by atoms with Crippen LogP contribution in [0.1, 0.15) is 44.7 Å². The maximum atomic E-state index is 4.58. The second kappa shape index (κ2) is 4.88. The maximum Gasteiger partial charge on any atom is 0.129 e. The molecule has 1 aromatic heterocycles. The predicted octanol–water partition coefficient (Wildman–Crippen LogP) is 2.74. The van der Waals surface area contributed by atoms with Crippen molar-refractivity contribution >= 4 is 5.82 Å². The van der Waals surface area contributed by atoms with Gasteiger partial charge < -0.3 is 10.2 Å². The zero-order valence-electron chi connectivity index (χ0n) is 11.4. The highest BCUT2D eigenvalue weighted by Crippen LogP contribution is 2.39. The van der Waals surface area contributed by atoms with Crippen LogP contribution in [0.25, 0.3) is 0 Å². The smallest absolute Gasteiger partial charge is 0.129 e. The van der Waals surface area contributed by atoms with E-state index in [1.807, 2.05) is 6.20 Å². The molecule has 2 bridgehead atoms. The first kappa shape index (κ1) is 12.0. The number of pyridine rings is 1. The summed E-state index contributed by atoms with van der Waals surface area (Å²) >= 11 is 0. The summed E-state index contributed by atoms with van der Waals surface area (Å²) < 4.78 is 0. The quantitative estimate of drug-likeness (QED) is 0.884. The van der Waals surface area contributed by atoms with Gasteiger partial charge in [0.15, 0.2) is 0 Å². The lowest BCUT2D eigenvalue weighted by Gasteiger charge is -2.28. The van der Waals surface area contributed by atoms with Gasteiger partial charge in [-0.1, -0.05) is 6.92 Å². The normalized spacial score (nSPS) is 27.8. The van der Waals surface area contributed by atoms with Crippen molar-refractivity contribution in [3.05, 3.63) is 23.9 Å². The average Bonchev–Trinajstić information content (AvgIpc) is 3.01. The van der Waals surface area contributed by atoms with E-state index in [1.54, 1.807) is 0 Å². The molecule has 3 nitrogen and oxygen atoms in total. The van der Waals surface area contributed by atoms with Gasteiger partial charge in [0.1, 0.15) is 5.82 Å². The zero-order chi connectivity index (χ0) is 12.5. The van der Waals surface area contributed by atoms with Crippen LogP contribution in [0.5, 0.6) is 0 Å². The van der Waals surface area contributed by atoms with Crippen molar-refractivity contribution in [2.45, 2.75) is 45.2 Å². The fraction of sp³-hybridized carbons (Fsp3) is 0.667. The molecular weight excluding hydrogens is 222 g/mol. The molecule has 1 saturated carbocycles. The van der Waals surface area contributed by atoms with E-state index in [9.17, 15) is 0 Å². The molecule has 2 heterocycles. The van der Waals surface area contributed by atoms with E-state index in [4.69, 9.17) is 0 Å². The highest BCUT2D eigenvalue weighted by molar-refractivity contribution is 5.45. The number of hydrogen-bond acceptors (Lipinski definition) is 3. The Morgan fingerprint density at radius 1 is 1.50 bits per heavy atom. The van der Waals surface area contributed by atoms with Gasteiger partial charge in [0, 0.05) is 24.8 Å². The summed E-state index contributed by atoms with van der Waals surface area (Å²) in [4.78, 5) is 7.10. The van der Waals surface area contributed by atoms with Gasteiger partial charge in [-0.05, 0) is 56.3 Å². The topological polar surface area (TPSA) is 28.2 Å². The second-order valence-electron chi connectivity index (χ2n) is 5.71. The molecule has 1 aliphatic carbocycles. The number of hydrogen-bond donors (Lipinski definition) is 1. The zero-order valence-corrected chi connectivity index (χ0v) is 11.4. The van der Waals surface area contributed by atoms with Gasteiger partial charge in [0.25, 0.3) is 0 Å². The number of piperidine rings is 1. The van der Waals surface area contributed by atoms with E-state index in [2.05, 4.69) is 41.2 Å². The molecule has 2 fully saturated rings. The standard InChI is InChI=1S/C15H23N3/c1-3-16-11(2)13-6-7-17-15(9-13)18-10-12-4-5-14(18)8-12/h6-7,9,11-12,14,16H,3-5,8,10H2,1-2H3. The van der Waals surface area contributed by atoms with Crippen molar-refractivity contribution in [2.75, 3.05) is 18.0 Å². The van der Waals surface area contributed by atoms with Gasteiger partial charge in [0.05, 0.1) is 0 Å². The van der Waals surface area contributed by atoms with Gasteiger partial charge in [0.2, 0.25) is 0 Å². The Morgan fingerprint density at radius 3 is 3.06 bits per heavy atom. The number of aromatic nitrogens is 1. The van der Waals surface area contributed by atoms with Crippen LogP contribution in [0.2, 0.25) is 0 Å². The summed E-state index contributed by atoms with van der Waals surface area (Å²) in [6.07, 6.45) is 6.13. The molecule has 1 aromatic rings. The average molecular weight is 245 g/mol. The van der Waals surface area contributed by atoms with Crippen molar-refractivity contribution in [2.24, 2.45) is 5.92 Å². The monoisotopic (exact) mass is 245 g/mol.